The first-order valence-electron chi connectivity index (χ1n) is 8.66. The van der Waals surface area contributed by atoms with Gasteiger partial charge >= 0.3 is 0 Å². The first kappa shape index (κ1) is 19.1. The van der Waals surface area contributed by atoms with Crippen molar-refractivity contribution in [2.75, 3.05) is 6.54 Å². The number of nitrogens with two attached hydrogens (primary N) is 1. The van der Waals surface area contributed by atoms with Crippen molar-refractivity contribution >= 4 is 11.8 Å². The van der Waals surface area contributed by atoms with E-state index in [2.05, 4.69) is 10.3 Å². The second kappa shape index (κ2) is 12.6. The molecule has 0 aliphatic rings. The van der Waals surface area contributed by atoms with Crippen LogP contribution in [0, 0.1) is 0 Å². The first-order valence-corrected chi connectivity index (χ1v) is 8.66. The molecule has 5 nitrogen and oxygen atoms in total. The van der Waals surface area contributed by atoms with E-state index in [-0.39, 0.29) is 11.8 Å². The third kappa shape index (κ3) is 10.4. The van der Waals surface area contributed by atoms with Gasteiger partial charge in [-0.15, -0.1) is 0 Å². The van der Waals surface area contributed by atoms with Crippen LogP contribution in [0.25, 0.3) is 0 Å². The minimum atomic E-state index is -0.193. The van der Waals surface area contributed by atoms with Crippen LogP contribution < -0.4 is 11.1 Å². The maximum atomic E-state index is 11.8. The van der Waals surface area contributed by atoms with Gasteiger partial charge in [0.25, 0.3) is 5.91 Å². The summed E-state index contributed by atoms with van der Waals surface area (Å²) < 4.78 is 0. The summed E-state index contributed by atoms with van der Waals surface area (Å²) in [6.45, 7) is 0.730. The molecule has 23 heavy (non-hydrogen) atoms. The lowest BCUT2D eigenvalue weighted by Gasteiger charge is -2.05. The van der Waals surface area contributed by atoms with Crippen LogP contribution in [0.1, 0.15) is 74.6 Å². The average Bonchev–Trinajstić information content (AvgIpc) is 2.56. The van der Waals surface area contributed by atoms with Crippen molar-refractivity contribution in [2.24, 2.45) is 5.73 Å². The normalized spacial score (nSPS) is 10.4. The molecule has 0 saturated carbocycles. The smallest absolute Gasteiger partial charge is 0.251 e. The quantitative estimate of drug-likeness (QED) is 0.547. The van der Waals surface area contributed by atoms with Gasteiger partial charge < -0.3 is 11.1 Å². The predicted octanol–water partition coefficient (Wildman–Crippen LogP) is 3.20. The molecule has 2 amide bonds. The molecule has 0 aromatic carbocycles. The second-order valence-corrected chi connectivity index (χ2v) is 5.89. The average molecular weight is 319 g/mol. The van der Waals surface area contributed by atoms with Crippen LogP contribution >= 0.6 is 0 Å². The highest BCUT2D eigenvalue weighted by atomic mass is 16.1. The van der Waals surface area contributed by atoms with Crippen molar-refractivity contribution in [1.29, 1.82) is 0 Å². The largest absolute Gasteiger partial charge is 0.370 e. The molecule has 0 spiro atoms. The number of nitrogens with one attached hydrogen (secondary N) is 1. The van der Waals surface area contributed by atoms with Crippen molar-refractivity contribution in [2.45, 2.75) is 64.2 Å². The summed E-state index contributed by atoms with van der Waals surface area (Å²) in [7, 11) is 0. The number of unbranched alkanes of at least 4 members (excludes halogenated alkanes) is 8. The van der Waals surface area contributed by atoms with E-state index in [1.54, 1.807) is 24.5 Å². The van der Waals surface area contributed by atoms with Crippen LogP contribution in [-0.4, -0.2) is 23.3 Å². The summed E-state index contributed by atoms with van der Waals surface area (Å²) in [6, 6.07) is 3.44. The molecule has 1 heterocycles. The topological polar surface area (TPSA) is 85.1 Å². The van der Waals surface area contributed by atoms with Gasteiger partial charge in [-0.2, -0.15) is 0 Å². The molecule has 0 unspecified atom stereocenters. The Bertz CT molecular complexity index is 449. The fraction of sp³-hybridized carbons (Fsp3) is 0.611. The monoisotopic (exact) mass is 319 g/mol. The summed E-state index contributed by atoms with van der Waals surface area (Å²) in [6.07, 6.45) is 14.1. The van der Waals surface area contributed by atoms with Gasteiger partial charge in [0.1, 0.15) is 0 Å². The highest BCUT2D eigenvalue weighted by molar-refractivity contribution is 5.93. The van der Waals surface area contributed by atoms with Gasteiger partial charge in [0.05, 0.1) is 0 Å². The van der Waals surface area contributed by atoms with Crippen molar-refractivity contribution in [3.8, 4) is 0 Å². The summed E-state index contributed by atoms with van der Waals surface area (Å²) in [5.74, 6) is -0.218. The fourth-order valence-corrected chi connectivity index (χ4v) is 2.47. The molecule has 128 valence electrons. The van der Waals surface area contributed by atoms with Gasteiger partial charge in [-0.05, 0) is 25.0 Å². The van der Waals surface area contributed by atoms with Crippen molar-refractivity contribution in [3.63, 3.8) is 0 Å². The van der Waals surface area contributed by atoms with Crippen molar-refractivity contribution < 1.29 is 9.59 Å². The van der Waals surface area contributed by atoms with Gasteiger partial charge in [-0.3, -0.25) is 14.6 Å². The van der Waals surface area contributed by atoms with Crippen LogP contribution in [0.2, 0.25) is 0 Å². The van der Waals surface area contributed by atoms with Crippen LogP contribution in [0.3, 0.4) is 0 Å². The number of aromatic nitrogens is 1. The Kier molecular flexibility index (Phi) is 10.5. The van der Waals surface area contributed by atoms with Crippen molar-refractivity contribution in [1.82, 2.24) is 10.3 Å². The predicted molar refractivity (Wildman–Crippen MR) is 91.9 cm³/mol. The molecule has 0 aliphatic heterocycles. The Hall–Kier alpha value is -1.91. The van der Waals surface area contributed by atoms with Crippen LogP contribution in [0.4, 0.5) is 0 Å². The fourth-order valence-electron chi connectivity index (χ4n) is 2.47. The molecule has 0 atom stereocenters. The summed E-state index contributed by atoms with van der Waals surface area (Å²) in [5.41, 5.74) is 5.76. The molecule has 0 saturated heterocycles. The van der Waals surface area contributed by atoms with E-state index in [4.69, 9.17) is 5.73 Å². The number of hydrogen-bond acceptors (Lipinski definition) is 3. The molecule has 0 aliphatic carbocycles. The van der Waals surface area contributed by atoms with E-state index in [1.165, 1.54) is 32.1 Å². The Balaban J connectivity index is 1.85. The zero-order valence-electron chi connectivity index (χ0n) is 13.9. The van der Waals surface area contributed by atoms with Crippen LogP contribution in [0.5, 0.6) is 0 Å². The van der Waals surface area contributed by atoms with Gasteiger partial charge in [0.2, 0.25) is 5.91 Å². The van der Waals surface area contributed by atoms with E-state index in [0.29, 0.717) is 12.0 Å². The lowest BCUT2D eigenvalue weighted by Crippen LogP contribution is -2.24. The Morgan fingerprint density at radius 2 is 1.39 bits per heavy atom. The minimum absolute atomic E-state index is 0.0247. The number of carbonyl (C=O) groups excluding carboxylic acids is 2. The Labute approximate surface area is 139 Å². The molecule has 5 heteroatoms. The summed E-state index contributed by atoms with van der Waals surface area (Å²) in [5, 5.41) is 2.93. The number of rotatable bonds is 13. The molecular formula is C18H29N3O2. The second-order valence-electron chi connectivity index (χ2n) is 5.89. The van der Waals surface area contributed by atoms with Gasteiger partial charge in [0.15, 0.2) is 0 Å². The van der Waals surface area contributed by atoms with Gasteiger partial charge in [0, 0.05) is 30.9 Å². The van der Waals surface area contributed by atoms with E-state index in [0.717, 1.165) is 32.2 Å². The molecule has 0 radical (unpaired) electrons. The van der Waals surface area contributed by atoms with Crippen LogP contribution in [-0.2, 0) is 4.79 Å². The molecule has 1 aromatic heterocycles. The molecule has 0 bridgehead atoms. The van der Waals surface area contributed by atoms with E-state index < -0.39 is 0 Å². The third-order valence-electron chi connectivity index (χ3n) is 3.83. The summed E-state index contributed by atoms with van der Waals surface area (Å²) in [4.78, 5) is 26.3. The number of nitrogens with zero attached hydrogens (tertiary/aromatic N) is 1. The van der Waals surface area contributed by atoms with Gasteiger partial charge in [-0.1, -0.05) is 44.9 Å². The molecule has 1 rings (SSSR count). The zero-order chi connectivity index (χ0) is 16.8. The third-order valence-corrected chi connectivity index (χ3v) is 3.83. The lowest BCUT2D eigenvalue weighted by molar-refractivity contribution is -0.118. The van der Waals surface area contributed by atoms with Crippen molar-refractivity contribution in [3.05, 3.63) is 30.1 Å². The first-order chi connectivity index (χ1) is 11.2. The summed E-state index contributed by atoms with van der Waals surface area (Å²) >= 11 is 0. The maximum Gasteiger partial charge on any atom is 0.251 e. The standard InChI is InChI=1S/C18H29N3O2/c19-17(22)10-8-6-4-2-1-3-5-7-9-13-21-18(23)16-11-14-20-15-12-16/h11-12,14-15H,1-10,13H2,(H2,19,22)(H,21,23). The molecule has 1 aromatic rings. The number of primary amides is 1. The lowest BCUT2D eigenvalue weighted by atomic mass is 10.1. The maximum absolute atomic E-state index is 11.8. The van der Waals surface area contributed by atoms with E-state index in [1.807, 2.05) is 0 Å². The van der Waals surface area contributed by atoms with Gasteiger partial charge in [-0.25, -0.2) is 0 Å². The molecule has 0 fully saturated rings. The highest BCUT2D eigenvalue weighted by Crippen LogP contribution is 2.10. The number of amides is 2. The van der Waals surface area contributed by atoms with Crippen LogP contribution in [0.15, 0.2) is 24.5 Å². The van der Waals surface area contributed by atoms with E-state index in [9.17, 15) is 9.59 Å². The molecule has 3 N–H and O–H groups in total. The SMILES string of the molecule is NC(=O)CCCCCCCCCCCNC(=O)c1ccncc1. The number of pyridine rings is 1. The zero-order valence-corrected chi connectivity index (χ0v) is 13.9. The van der Waals surface area contributed by atoms with E-state index >= 15 is 0 Å². The molecular weight excluding hydrogens is 290 g/mol. The minimum Gasteiger partial charge on any atom is -0.370 e. The Morgan fingerprint density at radius 1 is 0.870 bits per heavy atom. The Morgan fingerprint density at radius 3 is 1.96 bits per heavy atom. The number of hydrogen-bond donors (Lipinski definition) is 2. The highest BCUT2D eigenvalue weighted by Gasteiger charge is 2.02. The number of carbonyl (C=O) groups is 2.